The fourth-order valence-corrected chi connectivity index (χ4v) is 3.48. The summed E-state index contributed by atoms with van der Waals surface area (Å²) in [4.78, 5) is 23.1. The Morgan fingerprint density at radius 3 is 2.53 bits per heavy atom. The minimum absolute atomic E-state index is 0.0138. The Labute approximate surface area is 178 Å². The molecule has 150 valence electrons. The van der Waals surface area contributed by atoms with Crippen LogP contribution in [0, 0.1) is 0 Å². The number of para-hydroxylation sites is 1. The molecule has 2 aromatic heterocycles. The number of carbonyl (C=O) groups excluding carboxylic acids is 1. The van der Waals surface area contributed by atoms with E-state index in [0.717, 1.165) is 5.69 Å². The molecule has 0 saturated heterocycles. The third-order valence-electron chi connectivity index (χ3n) is 4.67. The van der Waals surface area contributed by atoms with Crippen LogP contribution in [-0.2, 0) is 11.3 Å². The zero-order valence-corrected chi connectivity index (χ0v) is 16.8. The molecule has 0 bridgehead atoms. The van der Waals surface area contributed by atoms with Gasteiger partial charge >= 0.3 is 0 Å². The van der Waals surface area contributed by atoms with Crippen molar-refractivity contribution < 1.29 is 9.90 Å². The van der Waals surface area contributed by atoms with E-state index < -0.39 is 0 Å². The van der Waals surface area contributed by atoms with Gasteiger partial charge in [0.25, 0.3) is 0 Å². The first-order valence-electron chi connectivity index (χ1n) is 9.39. The standard InChI is InChI=1S/C23H19ClN4O2/c24-19-13-16(23(30)22-18(19)9-6-12-26-22)14-27-21(29)15-28(17-7-2-1-3-8-17)20-10-4-5-11-25-20/h1-13,30H,14-15H2,(H,27,29). The molecule has 0 unspecified atom stereocenters. The van der Waals surface area contributed by atoms with Crippen LogP contribution in [0.15, 0.2) is 79.1 Å². The summed E-state index contributed by atoms with van der Waals surface area (Å²) in [6.07, 6.45) is 3.27. The van der Waals surface area contributed by atoms with Crippen molar-refractivity contribution in [3.8, 4) is 5.75 Å². The minimum atomic E-state index is -0.221. The molecule has 0 spiro atoms. The van der Waals surface area contributed by atoms with Crippen molar-refractivity contribution in [3.63, 3.8) is 0 Å². The van der Waals surface area contributed by atoms with Crippen molar-refractivity contribution >= 4 is 39.9 Å². The second-order valence-corrected chi connectivity index (χ2v) is 7.06. The normalized spacial score (nSPS) is 10.7. The Balaban J connectivity index is 1.52. The van der Waals surface area contributed by atoms with Crippen molar-refractivity contribution in [3.05, 3.63) is 89.7 Å². The van der Waals surface area contributed by atoms with Gasteiger partial charge in [-0.05, 0) is 42.5 Å². The molecule has 0 fully saturated rings. The van der Waals surface area contributed by atoms with E-state index in [4.69, 9.17) is 11.6 Å². The van der Waals surface area contributed by atoms with E-state index in [1.54, 1.807) is 30.6 Å². The van der Waals surface area contributed by atoms with Crippen LogP contribution in [0.5, 0.6) is 5.75 Å². The SMILES string of the molecule is O=C(CN(c1ccccc1)c1ccccn1)NCc1cc(Cl)c2cccnc2c1O. The Morgan fingerprint density at radius 2 is 1.77 bits per heavy atom. The van der Waals surface area contributed by atoms with E-state index >= 15 is 0 Å². The van der Waals surface area contributed by atoms with E-state index in [1.165, 1.54) is 0 Å². The van der Waals surface area contributed by atoms with Gasteiger partial charge in [0.05, 0.1) is 5.02 Å². The Hall–Kier alpha value is -3.64. The molecule has 2 aromatic carbocycles. The minimum Gasteiger partial charge on any atom is -0.505 e. The molecule has 4 rings (SSSR count). The maximum atomic E-state index is 12.7. The Morgan fingerprint density at radius 1 is 1.00 bits per heavy atom. The van der Waals surface area contributed by atoms with E-state index in [-0.39, 0.29) is 24.7 Å². The second-order valence-electron chi connectivity index (χ2n) is 6.65. The monoisotopic (exact) mass is 418 g/mol. The molecule has 0 aliphatic heterocycles. The maximum Gasteiger partial charge on any atom is 0.240 e. The van der Waals surface area contributed by atoms with Gasteiger partial charge in [0.2, 0.25) is 5.91 Å². The van der Waals surface area contributed by atoms with Crippen molar-refractivity contribution in [2.24, 2.45) is 0 Å². The van der Waals surface area contributed by atoms with Gasteiger partial charge in [-0.2, -0.15) is 0 Å². The lowest BCUT2D eigenvalue weighted by atomic mass is 10.1. The first-order valence-corrected chi connectivity index (χ1v) is 9.76. The lowest BCUT2D eigenvalue weighted by Crippen LogP contribution is -2.34. The number of aromatic nitrogens is 2. The average molecular weight is 419 g/mol. The fourth-order valence-electron chi connectivity index (χ4n) is 3.19. The number of aromatic hydroxyl groups is 1. The number of phenolic OH excluding ortho intramolecular Hbond substituents is 1. The van der Waals surface area contributed by atoms with Gasteiger partial charge < -0.3 is 15.3 Å². The number of benzene rings is 2. The summed E-state index contributed by atoms with van der Waals surface area (Å²) in [5.74, 6) is 0.459. The van der Waals surface area contributed by atoms with Gasteiger partial charge in [-0.25, -0.2) is 4.98 Å². The maximum absolute atomic E-state index is 12.7. The number of carbonyl (C=O) groups is 1. The molecule has 2 heterocycles. The highest BCUT2D eigenvalue weighted by Gasteiger charge is 2.16. The number of rotatable bonds is 6. The first-order chi connectivity index (χ1) is 14.6. The van der Waals surface area contributed by atoms with Crippen LogP contribution >= 0.6 is 11.6 Å². The summed E-state index contributed by atoms with van der Waals surface area (Å²) < 4.78 is 0. The van der Waals surface area contributed by atoms with Crippen molar-refractivity contribution in [2.75, 3.05) is 11.4 Å². The van der Waals surface area contributed by atoms with Crippen LogP contribution in [0.4, 0.5) is 11.5 Å². The van der Waals surface area contributed by atoms with Gasteiger partial charge in [-0.3, -0.25) is 9.78 Å². The lowest BCUT2D eigenvalue weighted by Gasteiger charge is -2.23. The molecule has 0 aliphatic rings. The average Bonchev–Trinajstić information content (AvgIpc) is 2.80. The lowest BCUT2D eigenvalue weighted by molar-refractivity contribution is -0.119. The smallest absolute Gasteiger partial charge is 0.240 e. The van der Waals surface area contributed by atoms with E-state index in [9.17, 15) is 9.90 Å². The van der Waals surface area contributed by atoms with Gasteiger partial charge in [-0.15, -0.1) is 0 Å². The number of anilines is 2. The van der Waals surface area contributed by atoms with Crippen LogP contribution < -0.4 is 10.2 Å². The van der Waals surface area contributed by atoms with Gasteiger partial charge in [0, 0.05) is 35.6 Å². The van der Waals surface area contributed by atoms with Crippen molar-refractivity contribution in [2.45, 2.75) is 6.54 Å². The third kappa shape index (κ3) is 4.18. The van der Waals surface area contributed by atoms with Gasteiger partial charge in [-0.1, -0.05) is 35.9 Å². The molecule has 6 nitrogen and oxygen atoms in total. The van der Waals surface area contributed by atoms with Crippen LogP contribution in [0.3, 0.4) is 0 Å². The molecule has 2 N–H and O–H groups in total. The predicted octanol–water partition coefficient (Wildman–Crippen LogP) is 4.44. The van der Waals surface area contributed by atoms with Gasteiger partial charge in [0.1, 0.15) is 23.6 Å². The summed E-state index contributed by atoms with van der Waals surface area (Å²) in [7, 11) is 0. The molecule has 0 atom stereocenters. The molecular formula is C23H19ClN4O2. The number of hydrogen-bond acceptors (Lipinski definition) is 5. The summed E-state index contributed by atoms with van der Waals surface area (Å²) in [5, 5.41) is 14.5. The zero-order chi connectivity index (χ0) is 20.9. The summed E-state index contributed by atoms with van der Waals surface area (Å²) in [6.45, 7) is 0.198. The van der Waals surface area contributed by atoms with Crippen LogP contribution in [-0.4, -0.2) is 27.5 Å². The number of hydrogen-bond donors (Lipinski definition) is 2. The summed E-state index contributed by atoms with van der Waals surface area (Å²) >= 11 is 6.31. The van der Waals surface area contributed by atoms with E-state index in [2.05, 4.69) is 15.3 Å². The number of nitrogens with zero attached hydrogens (tertiary/aromatic N) is 3. The van der Waals surface area contributed by atoms with Crippen LogP contribution in [0.2, 0.25) is 5.02 Å². The predicted molar refractivity (Wildman–Crippen MR) is 118 cm³/mol. The number of fused-ring (bicyclic) bond motifs is 1. The van der Waals surface area contributed by atoms with Crippen molar-refractivity contribution in [1.82, 2.24) is 15.3 Å². The second kappa shape index (κ2) is 8.80. The Kier molecular flexibility index (Phi) is 5.77. The van der Waals surface area contributed by atoms with Crippen molar-refractivity contribution in [1.29, 1.82) is 0 Å². The summed E-state index contributed by atoms with van der Waals surface area (Å²) in [5.41, 5.74) is 1.77. The number of pyridine rings is 2. The first kappa shape index (κ1) is 19.7. The highest BCUT2D eigenvalue weighted by molar-refractivity contribution is 6.35. The number of phenols is 1. The van der Waals surface area contributed by atoms with Crippen LogP contribution in [0.25, 0.3) is 10.9 Å². The fraction of sp³-hybridized carbons (Fsp3) is 0.0870. The van der Waals surface area contributed by atoms with E-state index in [1.807, 2.05) is 53.4 Å². The number of amides is 1. The van der Waals surface area contributed by atoms with Crippen LogP contribution in [0.1, 0.15) is 5.56 Å². The molecular weight excluding hydrogens is 400 g/mol. The molecule has 4 aromatic rings. The molecule has 0 aliphatic carbocycles. The van der Waals surface area contributed by atoms with Gasteiger partial charge in [0.15, 0.2) is 0 Å². The largest absolute Gasteiger partial charge is 0.505 e. The third-order valence-corrected chi connectivity index (χ3v) is 4.98. The molecule has 30 heavy (non-hydrogen) atoms. The number of nitrogens with one attached hydrogen (secondary N) is 1. The molecule has 0 radical (unpaired) electrons. The molecule has 1 amide bonds. The zero-order valence-electron chi connectivity index (χ0n) is 16.0. The Bertz CT molecular complexity index is 1130. The molecule has 0 saturated carbocycles. The summed E-state index contributed by atoms with van der Waals surface area (Å²) in [6, 6.07) is 20.3. The quantitative estimate of drug-likeness (QED) is 0.484. The highest BCUT2D eigenvalue weighted by atomic mass is 35.5. The number of halogens is 1. The topological polar surface area (TPSA) is 78.4 Å². The molecule has 7 heteroatoms. The highest BCUT2D eigenvalue weighted by Crippen LogP contribution is 2.32. The van der Waals surface area contributed by atoms with E-state index in [0.29, 0.717) is 27.3 Å².